The fraction of sp³-hybridized carbons (Fsp3) is 0.240. The number of halogens is 4. The van der Waals surface area contributed by atoms with Crippen LogP contribution < -0.4 is 15.0 Å². The topological polar surface area (TPSA) is 41.6 Å². The molecule has 0 aliphatic carbocycles. The number of nitrogens with zero attached hydrogens (tertiary/aromatic N) is 1. The molecule has 1 fully saturated rings. The van der Waals surface area contributed by atoms with E-state index in [4.69, 9.17) is 0 Å². The second kappa shape index (κ2) is 9.23. The number of anilines is 1. The van der Waals surface area contributed by atoms with Crippen LogP contribution in [-0.2, 0) is 4.79 Å². The molecule has 1 saturated heterocycles. The van der Waals surface area contributed by atoms with Crippen molar-refractivity contribution < 1.29 is 27.1 Å². The molecule has 1 amide bonds. The highest BCUT2D eigenvalue weighted by Gasteiger charge is 2.42. The molecule has 0 radical (unpaired) electrons. The van der Waals surface area contributed by atoms with Crippen molar-refractivity contribution in [2.75, 3.05) is 4.90 Å². The van der Waals surface area contributed by atoms with Crippen molar-refractivity contribution in [1.29, 1.82) is 0 Å². The van der Waals surface area contributed by atoms with Crippen molar-refractivity contribution in [3.05, 3.63) is 95.8 Å². The lowest BCUT2D eigenvalue weighted by molar-refractivity contribution is -0.274. The molecule has 1 unspecified atom stereocenters. The van der Waals surface area contributed by atoms with Crippen molar-refractivity contribution in [3.63, 3.8) is 0 Å². The summed E-state index contributed by atoms with van der Waals surface area (Å²) in [6, 6.07) is 19.6. The minimum atomic E-state index is -4.81. The highest BCUT2D eigenvalue weighted by Crippen LogP contribution is 2.39. The Morgan fingerprint density at radius 3 is 2.33 bits per heavy atom. The summed E-state index contributed by atoms with van der Waals surface area (Å²) in [6.07, 6.45) is -4.43. The molecule has 3 aromatic carbocycles. The molecule has 0 aromatic heterocycles. The van der Waals surface area contributed by atoms with Gasteiger partial charge in [0.2, 0.25) is 5.91 Å². The van der Waals surface area contributed by atoms with Gasteiger partial charge in [-0.3, -0.25) is 10.1 Å². The van der Waals surface area contributed by atoms with E-state index in [9.17, 15) is 22.4 Å². The van der Waals surface area contributed by atoms with E-state index < -0.39 is 24.3 Å². The third kappa shape index (κ3) is 5.34. The summed E-state index contributed by atoms with van der Waals surface area (Å²) >= 11 is 0. The van der Waals surface area contributed by atoms with Crippen molar-refractivity contribution in [2.24, 2.45) is 0 Å². The van der Waals surface area contributed by atoms with Gasteiger partial charge in [-0.2, -0.15) is 0 Å². The Bertz CT molecular complexity index is 1100. The maximum atomic E-state index is 13.9. The zero-order valence-electron chi connectivity index (χ0n) is 17.7. The molecule has 172 valence electrons. The van der Waals surface area contributed by atoms with E-state index >= 15 is 0 Å². The number of hydrogen-bond donors (Lipinski definition) is 1. The molecule has 4 rings (SSSR count). The second-order valence-electron chi connectivity index (χ2n) is 7.91. The average Bonchev–Trinajstić information content (AvgIpc) is 3.10. The van der Waals surface area contributed by atoms with Gasteiger partial charge in [-0.25, -0.2) is 4.39 Å². The third-order valence-electron chi connectivity index (χ3n) is 5.64. The van der Waals surface area contributed by atoms with Crippen LogP contribution in [0.15, 0.2) is 78.9 Å². The van der Waals surface area contributed by atoms with Crippen LogP contribution >= 0.6 is 0 Å². The Labute approximate surface area is 188 Å². The summed E-state index contributed by atoms with van der Waals surface area (Å²) in [5, 5.41) is 3.34. The number of rotatable bonds is 6. The van der Waals surface area contributed by atoms with Gasteiger partial charge >= 0.3 is 6.36 Å². The third-order valence-corrected chi connectivity index (χ3v) is 5.64. The summed E-state index contributed by atoms with van der Waals surface area (Å²) < 4.78 is 55.4. The van der Waals surface area contributed by atoms with E-state index in [1.807, 2.05) is 37.3 Å². The normalized spacial score (nSPS) is 19.5. The summed E-state index contributed by atoms with van der Waals surface area (Å²) in [5.41, 5.74) is 2.02. The SMILES string of the molecule is C[C@@H](NC1C[C@@H](c2cccc(F)c2)N(c2ccc(OC(F)(F)F)cc2)C1=O)c1ccccc1. The van der Waals surface area contributed by atoms with Crippen LogP contribution in [0, 0.1) is 5.82 Å². The zero-order chi connectivity index (χ0) is 23.6. The first-order valence-electron chi connectivity index (χ1n) is 10.5. The van der Waals surface area contributed by atoms with Crippen LogP contribution in [0.5, 0.6) is 5.75 Å². The molecule has 3 aromatic rings. The number of carbonyl (C=O) groups is 1. The number of nitrogens with one attached hydrogen (secondary N) is 1. The van der Waals surface area contributed by atoms with Gasteiger partial charge in [0.15, 0.2) is 0 Å². The van der Waals surface area contributed by atoms with Crippen LogP contribution in [0.3, 0.4) is 0 Å². The Kier molecular flexibility index (Phi) is 6.37. The number of carbonyl (C=O) groups excluding carboxylic acids is 1. The van der Waals surface area contributed by atoms with Gasteiger partial charge in [0.1, 0.15) is 11.6 Å². The highest BCUT2D eigenvalue weighted by atomic mass is 19.4. The van der Waals surface area contributed by atoms with Crippen LogP contribution in [0.4, 0.5) is 23.2 Å². The van der Waals surface area contributed by atoms with E-state index in [1.165, 1.54) is 29.2 Å². The molecule has 1 aliphatic heterocycles. The quantitative estimate of drug-likeness (QED) is 0.466. The summed E-state index contributed by atoms with van der Waals surface area (Å²) in [6.45, 7) is 1.95. The van der Waals surface area contributed by atoms with Crippen molar-refractivity contribution in [1.82, 2.24) is 5.32 Å². The minimum absolute atomic E-state index is 0.115. The van der Waals surface area contributed by atoms with E-state index in [0.29, 0.717) is 17.7 Å². The molecule has 1 N–H and O–H groups in total. The van der Waals surface area contributed by atoms with E-state index in [2.05, 4.69) is 10.1 Å². The zero-order valence-corrected chi connectivity index (χ0v) is 17.7. The van der Waals surface area contributed by atoms with E-state index in [1.54, 1.807) is 12.1 Å². The lowest BCUT2D eigenvalue weighted by Crippen LogP contribution is -2.39. The smallest absolute Gasteiger partial charge is 0.406 e. The fourth-order valence-electron chi connectivity index (χ4n) is 4.14. The van der Waals surface area contributed by atoms with Crippen LogP contribution in [0.25, 0.3) is 0 Å². The molecule has 1 heterocycles. The van der Waals surface area contributed by atoms with Crippen molar-refractivity contribution in [2.45, 2.75) is 37.8 Å². The van der Waals surface area contributed by atoms with Gasteiger partial charge < -0.3 is 9.64 Å². The lowest BCUT2D eigenvalue weighted by Gasteiger charge is -2.25. The summed E-state index contributed by atoms with van der Waals surface area (Å²) in [5.74, 6) is -1.05. The largest absolute Gasteiger partial charge is 0.573 e. The first kappa shape index (κ1) is 22.8. The van der Waals surface area contributed by atoms with Gasteiger partial charge in [-0.05, 0) is 60.9 Å². The molecule has 33 heavy (non-hydrogen) atoms. The van der Waals surface area contributed by atoms with E-state index in [0.717, 1.165) is 17.7 Å². The predicted molar refractivity (Wildman–Crippen MR) is 116 cm³/mol. The number of benzene rings is 3. The maximum absolute atomic E-state index is 13.9. The monoisotopic (exact) mass is 458 g/mol. The molecular weight excluding hydrogens is 436 g/mol. The Morgan fingerprint density at radius 1 is 1.00 bits per heavy atom. The molecule has 4 nitrogen and oxygen atoms in total. The lowest BCUT2D eigenvalue weighted by atomic mass is 10.0. The molecule has 0 bridgehead atoms. The molecule has 8 heteroatoms. The van der Waals surface area contributed by atoms with Gasteiger partial charge in [-0.1, -0.05) is 42.5 Å². The number of amides is 1. The van der Waals surface area contributed by atoms with Gasteiger partial charge in [0, 0.05) is 11.7 Å². The average molecular weight is 458 g/mol. The van der Waals surface area contributed by atoms with Gasteiger partial charge in [-0.15, -0.1) is 13.2 Å². The Morgan fingerprint density at radius 2 is 1.70 bits per heavy atom. The predicted octanol–water partition coefficient (Wildman–Crippen LogP) is 5.92. The fourth-order valence-corrected chi connectivity index (χ4v) is 4.14. The van der Waals surface area contributed by atoms with E-state index in [-0.39, 0.29) is 17.7 Å². The van der Waals surface area contributed by atoms with Gasteiger partial charge in [0.25, 0.3) is 0 Å². The minimum Gasteiger partial charge on any atom is -0.406 e. The first-order valence-corrected chi connectivity index (χ1v) is 10.5. The standard InChI is InChI=1S/C25H22F4N2O2/c1-16(17-6-3-2-4-7-17)30-22-15-23(18-8-5-9-19(26)14-18)31(24(22)32)20-10-12-21(13-11-20)33-25(27,28)29/h2-14,16,22-23,30H,15H2,1H3/t16-,22?,23+/m1/s1. The number of ether oxygens (including phenoxy) is 1. The molecular formula is C25H22F4N2O2. The maximum Gasteiger partial charge on any atom is 0.573 e. The number of hydrogen-bond acceptors (Lipinski definition) is 3. The Balaban J connectivity index is 1.63. The van der Waals surface area contributed by atoms with Crippen molar-refractivity contribution >= 4 is 11.6 Å². The number of alkyl halides is 3. The molecule has 1 aliphatic rings. The van der Waals surface area contributed by atoms with Crippen molar-refractivity contribution in [3.8, 4) is 5.75 Å². The summed E-state index contributed by atoms with van der Waals surface area (Å²) in [4.78, 5) is 14.9. The molecule has 0 saturated carbocycles. The highest BCUT2D eigenvalue weighted by molar-refractivity contribution is 6.00. The molecule has 0 spiro atoms. The van der Waals surface area contributed by atoms with Crippen LogP contribution in [0.2, 0.25) is 0 Å². The Hall–Kier alpha value is -3.39. The first-order chi connectivity index (χ1) is 15.7. The van der Waals surface area contributed by atoms with Crippen LogP contribution in [0.1, 0.15) is 36.6 Å². The van der Waals surface area contributed by atoms with Gasteiger partial charge in [0.05, 0.1) is 12.1 Å². The molecule has 3 atom stereocenters. The second-order valence-corrected chi connectivity index (χ2v) is 7.91. The summed E-state index contributed by atoms with van der Waals surface area (Å²) in [7, 11) is 0. The van der Waals surface area contributed by atoms with Crippen LogP contribution in [-0.4, -0.2) is 18.3 Å².